The van der Waals surface area contributed by atoms with Gasteiger partial charge in [-0.1, -0.05) is 32.9 Å². The fraction of sp³-hybridized carbons (Fsp3) is 0.429. The normalized spacial score (nSPS) is 13.7. The monoisotopic (exact) mass is 1210 g/mol. The van der Waals surface area contributed by atoms with Crippen LogP contribution in [0.3, 0.4) is 0 Å². The van der Waals surface area contributed by atoms with E-state index >= 15 is 0 Å². The van der Waals surface area contributed by atoms with Gasteiger partial charge >= 0.3 is 11.5 Å². The minimum absolute atomic E-state index is 0.0833. The van der Waals surface area contributed by atoms with E-state index in [0.29, 0.717) is 80.3 Å². The molecule has 454 valence electrons. The van der Waals surface area contributed by atoms with E-state index in [1.165, 1.54) is 9.58 Å². The number of pyridine rings is 4. The summed E-state index contributed by atoms with van der Waals surface area (Å²) in [5.41, 5.74) is 6.72. The molecule has 86 heavy (non-hydrogen) atoms. The SMILES string of the molecule is CCn1cc(CO)cn1.CCn1cc(COC(=O)N2CCc3cnc(C(=O)Nc4cccc(-c5nnnn5[C@H](C)CO)n4)cc3C2)cn1.C[C@H](CO[Si](C)(C)C(C)(C)C)n1nnnc1-c1cccc(NC(=O)c2cc3c(cn2)CCN(C(=O)Cl)C3)n1. The molecule has 0 radical (unpaired) electrons. The molecule has 0 saturated carbocycles. The Labute approximate surface area is 502 Å². The summed E-state index contributed by atoms with van der Waals surface area (Å²) >= 11 is 5.64. The van der Waals surface area contributed by atoms with Crippen molar-refractivity contribution in [3.8, 4) is 23.0 Å². The van der Waals surface area contributed by atoms with Crippen molar-refractivity contribution in [3.63, 3.8) is 0 Å². The number of aromatic nitrogens is 16. The lowest BCUT2D eigenvalue weighted by Crippen LogP contribution is -2.42. The van der Waals surface area contributed by atoms with Crippen LogP contribution < -0.4 is 10.6 Å². The van der Waals surface area contributed by atoms with Gasteiger partial charge in [0.05, 0.1) is 44.3 Å². The highest BCUT2D eigenvalue weighted by Gasteiger charge is 2.38. The van der Waals surface area contributed by atoms with Gasteiger partial charge in [-0.25, -0.2) is 24.1 Å². The average molecular weight is 1220 g/mol. The van der Waals surface area contributed by atoms with Gasteiger partial charge in [-0.2, -0.15) is 10.2 Å². The van der Waals surface area contributed by atoms with E-state index in [0.717, 1.165) is 46.5 Å². The number of fused-ring (bicyclic) bond motifs is 2. The summed E-state index contributed by atoms with van der Waals surface area (Å²) < 4.78 is 18.5. The van der Waals surface area contributed by atoms with Gasteiger partial charge in [0.25, 0.3) is 11.8 Å². The number of nitrogens with zero attached hydrogens (tertiary/aromatic N) is 18. The molecule has 28 nitrogen and oxygen atoms in total. The molecule has 0 saturated heterocycles. The molecule has 0 aliphatic carbocycles. The van der Waals surface area contributed by atoms with Crippen LogP contribution in [0.25, 0.3) is 23.0 Å². The highest BCUT2D eigenvalue weighted by atomic mass is 35.5. The number of halogens is 1. The van der Waals surface area contributed by atoms with Crippen molar-refractivity contribution >= 4 is 54.8 Å². The number of carbonyl (C=O) groups excluding carboxylic acids is 4. The summed E-state index contributed by atoms with van der Waals surface area (Å²) in [6.07, 6.45) is 11.2. The van der Waals surface area contributed by atoms with Crippen molar-refractivity contribution in [3.05, 3.63) is 130 Å². The number of ether oxygens (including phenoxy) is 1. The van der Waals surface area contributed by atoms with E-state index in [-0.39, 0.29) is 48.3 Å². The van der Waals surface area contributed by atoms with Gasteiger partial charge in [0.2, 0.25) is 11.6 Å². The number of aryl methyl sites for hydroxylation is 2. The van der Waals surface area contributed by atoms with Gasteiger partial charge in [0.15, 0.2) is 8.32 Å². The Hall–Kier alpha value is -8.77. The van der Waals surface area contributed by atoms with E-state index in [1.807, 2.05) is 33.2 Å². The Morgan fingerprint density at radius 3 is 1.67 bits per heavy atom. The maximum absolute atomic E-state index is 13.0. The van der Waals surface area contributed by atoms with Crippen LogP contribution in [-0.2, 0) is 61.4 Å². The number of amides is 4. The molecule has 8 aromatic heterocycles. The molecule has 0 aromatic carbocycles. The molecular formula is C56H71ClN20O8Si. The van der Waals surface area contributed by atoms with Gasteiger partial charge in [-0.3, -0.25) is 33.7 Å². The average Bonchev–Trinajstić information content (AvgIpc) is 2.90. The number of hydrogen-bond acceptors (Lipinski definition) is 20. The Kier molecular flexibility index (Phi) is 20.9. The fourth-order valence-corrected chi connectivity index (χ4v) is 9.85. The molecule has 10 heterocycles. The summed E-state index contributed by atoms with van der Waals surface area (Å²) in [7, 11) is -1.93. The van der Waals surface area contributed by atoms with Crippen molar-refractivity contribution in [2.45, 2.75) is 131 Å². The number of carbonyl (C=O) groups is 4. The van der Waals surface area contributed by atoms with Crippen molar-refractivity contribution < 1.29 is 38.6 Å². The topological polar surface area (TPSA) is 332 Å². The first kappa shape index (κ1) is 63.3. The predicted molar refractivity (Wildman–Crippen MR) is 318 cm³/mol. The number of nitrogens with one attached hydrogen (secondary N) is 2. The Morgan fingerprint density at radius 1 is 0.698 bits per heavy atom. The zero-order valence-corrected chi connectivity index (χ0v) is 51.3. The second-order valence-corrected chi connectivity index (χ2v) is 27.1. The fourth-order valence-electron chi connectivity index (χ4n) is 8.61. The largest absolute Gasteiger partial charge is 0.444 e. The van der Waals surface area contributed by atoms with Crippen molar-refractivity contribution in [2.24, 2.45) is 0 Å². The summed E-state index contributed by atoms with van der Waals surface area (Å²) in [4.78, 5) is 71.0. The lowest BCUT2D eigenvalue weighted by atomic mass is 10.0. The number of anilines is 2. The third kappa shape index (κ3) is 15.9. The van der Waals surface area contributed by atoms with Gasteiger partial charge < -0.3 is 39.8 Å². The van der Waals surface area contributed by atoms with Crippen molar-refractivity contribution in [1.82, 2.24) is 89.7 Å². The van der Waals surface area contributed by atoms with Crippen LogP contribution in [-0.4, -0.2) is 158 Å². The lowest BCUT2D eigenvalue weighted by Gasteiger charge is -2.36. The van der Waals surface area contributed by atoms with Gasteiger partial charge in [-0.15, -0.1) is 10.2 Å². The molecule has 2 aliphatic heterocycles. The maximum Gasteiger partial charge on any atom is 0.410 e. The van der Waals surface area contributed by atoms with Crippen LogP contribution in [0.5, 0.6) is 0 Å². The highest BCUT2D eigenvalue weighted by Crippen LogP contribution is 2.37. The second kappa shape index (κ2) is 28.4. The number of hydrogen-bond donors (Lipinski definition) is 4. The quantitative estimate of drug-likeness (QED) is 0.0408. The molecule has 0 fully saturated rings. The molecule has 30 heteroatoms. The van der Waals surface area contributed by atoms with Crippen LogP contribution in [0.1, 0.15) is 115 Å². The van der Waals surface area contributed by atoms with Crippen LogP contribution in [0, 0.1) is 0 Å². The van der Waals surface area contributed by atoms with Crippen molar-refractivity contribution in [1.29, 1.82) is 0 Å². The number of aliphatic hydroxyl groups excluding tert-OH is 2. The molecular weight excluding hydrogens is 1140 g/mol. The molecule has 0 spiro atoms. The standard InChI is InChI=1S/C25H33ClN8O3Si.C25H28N10O4.C6H10N2O/c1-16(15-37-38(5,6)25(2,3)4)34-22(30-31-32-34)19-8-7-9-21(28-19)29-23(35)20-12-18-14-33(24(26)36)11-10-17(18)13-27-20;1-3-34-12-17(10-27-34)15-39-25(38)33-8-7-18-11-26-21(9-19(18)13-33)24(37)29-22-6-4-5-20(28-22)23-30-31-32-35(23)16(2)14-36;1-2-8-4-6(5-9)3-7-8/h7-9,12-13,16H,10-11,14-15H2,1-6H3,(H,28,29,35);4-6,9-12,16,36H,3,7-8,13-15H2,1-2H3,(H,28,29,37);3-4,9H,2,5H2,1H3/t2*16-;/m11./s1. The van der Waals surface area contributed by atoms with Gasteiger partial charge in [0.1, 0.15) is 41.0 Å². The minimum atomic E-state index is -1.93. The Balaban J connectivity index is 0.000000195. The predicted octanol–water partition coefficient (Wildman–Crippen LogP) is 6.92. The summed E-state index contributed by atoms with van der Waals surface area (Å²) in [6.45, 7) is 22.6. The molecule has 4 N–H and O–H groups in total. The molecule has 2 aliphatic rings. The Bertz CT molecular complexity index is 3620. The third-order valence-corrected chi connectivity index (χ3v) is 19.5. The highest BCUT2D eigenvalue weighted by molar-refractivity contribution is 6.74. The van der Waals surface area contributed by atoms with E-state index in [9.17, 15) is 24.3 Å². The van der Waals surface area contributed by atoms with Gasteiger partial charge in [0, 0.05) is 75.2 Å². The molecule has 2 atom stereocenters. The van der Waals surface area contributed by atoms with E-state index < -0.39 is 31.6 Å². The van der Waals surface area contributed by atoms with Crippen LogP contribution in [0.4, 0.5) is 21.2 Å². The number of aliphatic hydroxyl groups is 2. The first-order chi connectivity index (χ1) is 41.2. The van der Waals surface area contributed by atoms with Gasteiger partial charge in [-0.05, 0) is 150 Å². The smallest absolute Gasteiger partial charge is 0.410 e. The Morgan fingerprint density at radius 2 is 1.20 bits per heavy atom. The lowest BCUT2D eigenvalue weighted by molar-refractivity contribution is 0.0917. The van der Waals surface area contributed by atoms with E-state index in [4.69, 9.17) is 25.9 Å². The third-order valence-electron chi connectivity index (χ3n) is 14.7. The van der Waals surface area contributed by atoms with E-state index in [2.05, 4.69) is 106 Å². The van der Waals surface area contributed by atoms with Crippen LogP contribution in [0.15, 0.2) is 85.7 Å². The van der Waals surface area contributed by atoms with Crippen LogP contribution >= 0.6 is 11.6 Å². The number of tetrazole rings is 2. The van der Waals surface area contributed by atoms with E-state index in [1.54, 1.807) is 99.2 Å². The first-order valence-corrected chi connectivity index (χ1v) is 31.3. The molecule has 0 bridgehead atoms. The summed E-state index contributed by atoms with van der Waals surface area (Å²) in [6, 6.07) is 13.2. The molecule has 0 unspecified atom stereocenters. The second-order valence-electron chi connectivity index (χ2n) is 22.0. The summed E-state index contributed by atoms with van der Waals surface area (Å²) in [5, 5.41) is 55.1. The summed E-state index contributed by atoms with van der Waals surface area (Å²) in [5.74, 6) is 0.612. The zero-order valence-electron chi connectivity index (χ0n) is 49.5. The molecule has 10 rings (SSSR count). The molecule has 4 amide bonds. The van der Waals surface area contributed by atoms with Crippen molar-refractivity contribution in [2.75, 3.05) is 36.9 Å². The maximum atomic E-state index is 13.0. The number of rotatable bonds is 17. The minimum Gasteiger partial charge on any atom is -0.444 e. The molecule has 8 aromatic rings. The van der Waals surface area contributed by atoms with Crippen LogP contribution in [0.2, 0.25) is 18.1 Å². The first-order valence-electron chi connectivity index (χ1n) is 28.0. The zero-order chi connectivity index (χ0) is 61.7.